The molecule has 0 heterocycles. The maximum Gasteiger partial charge on any atom is 0.262 e. The Morgan fingerprint density at radius 2 is 1.81 bits per heavy atom. The third kappa shape index (κ3) is 4.97. The van der Waals surface area contributed by atoms with Gasteiger partial charge in [-0.25, -0.2) is 5.48 Å². The number of hydrogen-bond donors (Lipinski definition) is 2. The first-order valence-electron chi connectivity index (χ1n) is 6.46. The summed E-state index contributed by atoms with van der Waals surface area (Å²) in [6.07, 6.45) is 0. The lowest BCUT2D eigenvalue weighted by atomic mass is 10.2. The Bertz CT molecular complexity index is 618. The quantitative estimate of drug-likeness (QED) is 0.796. The van der Waals surface area contributed by atoms with Gasteiger partial charge in [-0.2, -0.15) is 5.26 Å². The fraction of sp³-hybridized carbons (Fsp3) is 0.125. The number of rotatable bonds is 6. The van der Waals surface area contributed by atoms with Crippen LogP contribution in [0.2, 0.25) is 0 Å². The monoisotopic (exact) mass is 281 g/mol. The average Bonchev–Trinajstić information content (AvgIpc) is 2.54. The first-order valence-corrected chi connectivity index (χ1v) is 6.46. The number of nitrogens with zero attached hydrogens (tertiary/aromatic N) is 1. The smallest absolute Gasteiger partial charge is 0.262 e. The molecule has 0 saturated heterocycles. The van der Waals surface area contributed by atoms with Crippen LogP contribution in [0.15, 0.2) is 54.6 Å². The van der Waals surface area contributed by atoms with E-state index in [1.54, 1.807) is 24.3 Å². The third-order valence-corrected chi connectivity index (χ3v) is 2.73. The Morgan fingerprint density at radius 1 is 1.10 bits per heavy atom. The van der Waals surface area contributed by atoms with Crippen molar-refractivity contribution in [3.05, 3.63) is 65.7 Å². The highest BCUT2D eigenvalue weighted by atomic mass is 16.6. The predicted molar refractivity (Wildman–Crippen MR) is 79.0 cm³/mol. The molecule has 0 fully saturated rings. The van der Waals surface area contributed by atoms with Crippen LogP contribution in [0.25, 0.3) is 0 Å². The number of anilines is 1. The molecule has 2 aromatic carbocycles. The SMILES string of the molecule is N#Cc1ccc(NCC(=O)NOCc2ccccc2)cc1. The van der Waals surface area contributed by atoms with Gasteiger partial charge in [-0.1, -0.05) is 30.3 Å². The van der Waals surface area contributed by atoms with E-state index in [2.05, 4.69) is 10.8 Å². The molecule has 106 valence electrons. The summed E-state index contributed by atoms with van der Waals surface area (Å²) in [6.45, 7) is 0.421. The van der Waals surface area contributed by atoms with Crippen LogP contribution in [0.3, 0.4) is 0 Å². The molecule has 21 heavy (non-hydrogen) atoms. The van der Waals surface area contributed by atoms with Crippen LogP contribution in [-0.4, -0.2) is 12.5 Å². The highest BCUT2D eigenvalue weighted by molar-refractivity contribution is 5.79. The summed E-state index contributed by atoms with van der Waals surface area (Å²) in [4.78, 5) is 16.7. The van der Waals surface area contributed by atoms with Gasteiger partial charge in [0, 0.05) is 5.69 Å². The van der Waals surface area contributed by atoms with E-state index in [4.69, 9.17) is 10.1 Å². The van der Waals surface area contributed by atoms with Crippen LogP contribution < -0.4 is 10.8 Å². The molecule has 2 N–H and O–H groups in total. The number of benzene rings is 2. The normalized spacial score (nSPS) is 9.67. The average molecular weight is 281 g/mol. The molecule has 0 aliphatic rings. The van der Waals surface area contributed by atoms with E-state index < -0.39 is 0 Å². The number of nitrogens with one attached hydrogen (secondary N) is 2. The molecule has 5 nitrogen and oxygen atoms in total. The first kappa shape index (κ1) is 14.6. The number of nitriles is 1. The largest absolute Gasteiger partial charge is 0.376 e. The number of carbonyl (C=O) groups is 1. The summed E-state index contributed by atoms with van der Waals surface area (Å²) in [5, 5.41) is 11.6. The minimum absolute atomic E-state index is 0.0979. The molecule has 0 saturated carbocycles. The van der Waals surface area contributed by atoms with Crippen molar-refractivity contribution < 1.29 is 9.63 Å². The summed E-state index contributed by atoms with van der Waals surface area (Å²) in [5.74, 6) is -0.268. The van der Waals surface area contributed by atoms with E-state index in [9.17, 15) is 4.79 Å². The molecule has 0 aliphatic heterocycles. The topological polar surface area (TPSA) is 74.2 Å². The maximum absolute atomic E-state index is 11.6. The second kappa shape index (κ2) is 7.68. The first-order chi connectivity index (χ1) is 10.3. The molecule has 2 aromatic rings. The van der Waals surface area contributed by atoms with E-state index in [0.29, 0.717) is 12.2 Å². The summed E-state index contributed by atoms with van der Waals surface area (Å²) in [7, 11) is 0. The zero-order chi connectivity index (χ0) is 14.9. The van der Waals surface area contributed by atoms with Gasteiger partial charge in [-0.15, -0.1) is 0 Å². The third-order valence-electron chi connectivity index (χ3n) is 2.73. The molecule has 0 spiro atoms. The Hall–Kier alpha value is -2.84. The zero-order valence-corrected chi connectivity index (χ0v) is 11.4. The number of hydrogen-bond acceptors (Lipinski definition) is 4. The highest BCUT2D eigenvalue weighted by Gasteiger charge is 2.01. The second-order valence-electron chi connectivity index (χ2n) is 4.34. The zero-order valence-electron chi connectivity index (χ0n) is 11.4. The van der Waals surface area contributed by atoms with Crippen molar-refractivity contribution in [2.45, 2.75) is 6.61 Å². The predicted octanol–water partition coefficient (Wildman–Crippen LogP) is 2.22. The molecule has 0 unspecified atom stereocenters. The lowest BCUT2D eigenvalue weighted by Gasteiger charge is -2.08. The van der Waals surface area contributed by atoms with E-state index in [1.807, 2.05) is 36.4 Å². The van der Waals surface area contributed by atoms with Gasteiger partial charge < -0.3 is 5.32 Å². The van der Waals surface area contributed by atoms with Gasteiger partial charge in [-0.05, 0) is 29.8 Å². The van der Waals surface area contributed by atoms with Gasteiger partial charge in [0.25, 0.3) is 5.91 Å². The van der Waals surface area contributed by atoms with Crippen molar-refractivity contribution in [3.63, 3.8) is 0 Å². The van der Waals surface area contributed by atoms with Crippen LogP contribution in [0.1, 0.15) is 11.1 Å². The Morgan fingerprint density at radius 3 is 2.48 bits per heavy atom. The molecule has 0 aliphatic carbocycles. The fourth-order valence-electron chi connectivity index (χ4n) is 1.66. The van der Waals surface area contributed by atoms with Gasteiger partial charge in [0.2, 0.25) is 0 Å². The van der Waals surface area contributed by atoms with E-state index >= 15 is 0 Å². The molecule has 0 aromatic heterocycles. The number of carbonyl (C=O) groups excluding carboxylic acids is 1. The van der Waals surface area contributed by atoms with Crippen molar-refractivity contribution in [2.75, 3.05) is 11.9 Å². The molecule has 2 rings (SSSR count). The van der Waals surface area contributed by atoms with Gasteiger partial charge in [-0.3, -0.25) is 9.63 Å². The van der Waals surface area contributed by atoms with Gasteiger partial charge in [0.05, 0.1) is 24.8 Å². The van der Waals surface area contributed by atoms with Crippen LogP contribution in [-0.2, 0) is 16.2 Å². The van der Waals surface area contributed by atoms with Gasteiger partial charge in [0.15, 0.2) is 0 Å². The molecule has 1 amide bonds. The Balaban J connectivity index is 1.68. The second-order valence-corrected chi connectivity index (χ2v) is 4.34. The van der Waals surface area contributed by atoms with Crippen LogP contribution >= 0.6 is 0 Å². The molecule has 0 atom stereocenters. The van der Waals surface area contributed by atoms with Crippen LogP contribution in [0, 0.1) is 11.3 Å². The summed E-state index contributed by atoms with van der Waals surface area (Å²) < 4.78 is 0. The van der Waals surface area contributed by atoms with E-state index in [-0.39, 0.29) is 12.5 Å². The minimum Gasteiger partial charge on any atom is -0.376 e. The fourth-order valence-corrected chi connectivity index (χ4v) is 1.66. The highest BCUT2D eigenvalue weighted by Crippen LogP contribution is 2.07. The van der Waals surface area contributed by atoms with Crippen LogP contribution in [0.4, 0.5) is 5.69 Å². The standard InChI is InChI=1S/C16H15N3O2/c17-10-13-6-8-15(9-7-13)18-11-16(20)19-21-12-14-4-2-1-3-5-14/h1-9,18H,11-12H2,(H,19,20). The van der Waals surface area contributed by atoms with Crippen molar-refractivity contribution in [1.29, 1.82) is 5.26 Å². The minimum atomic E-state index is -0.268. The number of hydroxylamine groups is 1. The van der Waals surface area contributed by atoms with E-state index in [1.165, 1.54) is 0 Å². The van der Waals surface area contributed by atoms with Gasteiger partial charge >= 0.3 is 0 Å². The van der Waals surface area contributed by atoms with Crippen molar-refractivity contribution >= 4 is 11.6 Å². The molecule has 0 bridgehead atoms. The van der Waals surface area contributed by atoms with Crippen molar-refractivity contribution in [2.24, 2.45) is 0 Å². The number of amides is 1. The molecular formula is C16H15N3O2. The summed E-state index contributed by atoms with van der Waals surface area (Å²) in [5.41, 5.74) is 4.70. The van der Waals surface area contributed by atoms with E-state index in [0.717, 1.165) is 11.3 Å². The summed E-state index contributed by atoms with van der Waals surface area (Å²) >= 11 is 0. The summed E-state index contributed by atoms with van der Waals surface area (Å²) in [6, 6.07) is 18.5. The van der Waals surface area contributed by atoms with Gasteiger partial charge in [0.1, 0.15) is 0 Å². The van der Waals surface area contributed by atoms with Crippen molar-refractivity contribution in [1.82, 2.24) is 5.48 Å². The molecule has 0 radical (unpaired) electrons. The lowest BCUT2D eigenvalue weighted by molar-refractivity contribution is -0.132. The molecule has 5 heteroatoms. The maximum atomic E-state index is 11.6. The Labute approximate surface area is 123 Å². The van der Waals surface area contributed by atoms with Crippen molar-refractivity contribution in [3.8, 4) is 6.07 Å². The Kier molecular flexibility index (Phi) is 5.33. The lowest BCUT2D eigenvalue weighted by Crippen LogP contribution is -2.29. The van der Waals surface area contributed by atoms with Crippen LogP contribution in [0.5, 0.6) is 0 Å². The molecular weight excluding hydrogens is 266 g/mol.